The highest BCUT2D eigenvalue weighted by Crippen LogP contribution is 2.30. The molecule has 1 aromatic carbocycles. The summed E-state index contributed by atoms with van der Waals surface area (Å²) in [5, 5.41) is 5.99. The van der Waals surface area contributed by atoms with E-state index in [1.54, 1.807) is 36.7 Å². The summed E-state index contributed by atoms with van der Waals surface area (Å²) in [6, 6.07) is 5.67. The van der Waals surface area contributed by atoms with Crippen LogP contribution in [0.2, 0.25) is 0 Å². The minimum absolute atomic E-state index is 0.0680. The summed E-state index contributed by atoms with van der Waals surface area (Å²) >= 11 is 0. The van der Waals surface area contributed by atoms with Crippen LogP contribution in [0, 0.1) is 0 Å². The number of imidazole rings is 1. The number of benzene rings is 1. The first kappa shape index (κ1) is 25.5. The van der Waals surface area contributed by atoms with Crippen molar-refractivity contribution in [3.8, 4) is 11.5 Å². The number of likely N-dealkylation sites (N-methyl/N-ethyl adjacent to an activating group) is 1. The maximum absolute atomic E-state index is 13.5. The van der Waals surface area contributed by atoms with Gasteiger partial charge in [0.05, 0.1) is 27.1 Å². The number of fused-ring (bicyclic) bond motifs is 1. The average molecular weight is 498 g/mol. The van der Waals surface area contributed by atoms with Gasteiger partial charge in [-0.25, -0.2) is 4.98 Å². The number of hydrogen-bond acceptors (Lipinski definition) is 6. The minimum Gasteiger partial charge on any atom is -0.497 e. The van der Waals surface area contributed by atoms with Gasteiger partial charge in [0.2, 0.25) is 5.91 Å². The molecule has 0 saturated heterocycles. The molecule has 0 spiro atoms. The highest BCUT2D eigenvalue weighted by atomic mass is 16.5. The van der Waals surface area contributed by atoms with E-state index in [2.05, 4.69) is 15.6 Å². The molecule has 1 aliphatic heterocycles. The number of aromatic nitrogens is 2. The van der Waals surface area contributed by atoms with E-state index in [1.807, 2.05) is 19.1 Å². The van der Waals surface area contributed by atoms with Gasteiger partial charge in [0.15, 0.2) is 5.69 Å². The molecule has 2 N–H and O–H groups in total. The fraction of sp³-hybridized carbons (Fsp3) is 0.538. The highest BCUT2D eigenvalue weighted by molar-refractivity contribution is 6.07. The molecule has 0 radical (unpaired) electrons. The van der Waals surface area contributed by atoms with Crippen molar-refractivity contribution in [2.75, 3.05) is 27.3 Å². The molecule has 1 aliphatic carbocycles. The summed E-state index contributed by atoms with van der Waals surface area (Å²) < 4.78 is 12.3. The fourth-order valence-corrected chi connectivity index (χ4v) is 5.21. The maximum atomic E-state index is 13.5. The highest BCUT2D eigenvalue weighted by Gasteiger charge is 2.48. The number of amides is 3. The molecule has 4 rings (SSSR count). The van der Waals surface area contributed by atoms with Gasteiger partial charge in [-0.1, -0.05) is 18.9 Å². The summed E-state index contributed by atoms with van der Waals surface area (Å²) in [7, 11) is 3.17. The van der Waals surface area contributed by atoms with Crippen LogP contribution in [0.15, 0.2) is 24.5 Å². The van der Waals surface area contributed by atoms with Crippen molar-refractivity contribution in [2.45, 2.75) is 64.1 Å². The average Bonchev–Trinajstić information content (AvgIpc) is 3.54. The van der Waals surface area contributed by atoms with Crippen molar-refractivity contribution in [3.63, 3.8) is 0 Å². The van der Waals surface area contributed by atoms with E-state index in [9.17, 15) is 14.4 Å². The Balaban J connectivity index is 1.47. The fourth-order valence-electron chi connectivity index (χ4n) is 5.21. The Kier molecular flexibility index (Phi) is 7.51. The molecule has 194 valence electrons. The lowest BCUT2D eigenvalue weighted by Crippen LogP contribution is -2.64. The lowest BCUT2D eigenvalue weighted by Gasteiger charge is -2.43. The molecule has 1 atom stereocenters. The first-order chi connectivity index (χ1) is 17.3. The SMILES string of the molecule is CCN1C(=O)c2c(C(=O)NCCc3ccc(OC)cc3OC)ncn2C[C@]1(C)C(=O)NC1CCCC1. The quantitative estimate of drug-likeness (QED) is 0.549. The second-order valence-electron chi connectivity index (χ2n) is 9.53. The number of carbonyl (C=O) groups excluding carboxylic acids is 3. The molecule has 3 amide bonds. The first-order valence-electron chi connectivity index (χ1n) is 12.5. The second-order valence-corrected chi connectivity index (χ2v) is 9.53. The van der Waals surface area contributed by atoms with Crippen LogP contribution >= 0.6 is 0 Å². The van der Waals surface area contributed by atoms with Crippen molar-refractivity contribution < 1.29 is 23.9 Å². The number of rotatable bonds is 9. The van der Waals surface area contributed by atoms with Gasteiger partial charge >= 0.3 is 0 Å². The zero-order valence-electron chi connectivity index (χ0n) is 21.4. The van der Waals surface area contributed by atoms with Crippen LogP contribution in [-0.2, 0) is 17.8 Å². The molecular formula is C26H35N5O5. The van der Waals surface area contributed by atoms with Crippen LogP contribution in [0.1, 0.15) is 66.1 Å². The van der Waals surface area contributed by atoms with E-state index in [1.165, 1.54) is 6.33 Å². The normalized spacial score (nSPS) is 19.7. The van der Waals surface area contributed by atoms with Gasteiger partial charge in [-0.3, -0.25) is 14.4 Å². The van der Waals surface area contributed by atoms with E-state index >= 15 is 0 Å². The van der Waals surface area contributed by atoms with Gasteiger partial charge in [-0.15, -0.1) is 0 Å². The Labute approximate surface area is 211 Å². The predicted octanol–water partition coefficient (Wildman–Crippen LogP) is 2.17. The molecular weight excluding hydrogens is 462 g/mol. The molecule has 1 fully saturated rings. The first-order valence-corrected chi connectivity index (χ1v) is 12.5. The van der Waals surface area contributed by atoms with Gasteiger partial charge in [-0.2, -0.15) is 0 Å². The molecule has 2 aliphatic rings. The molecule has 2 heterocycles. The van der Waals surface area contributed by atoms with Crippen molar-refractivity contribution in [3.05, 3.63) is 41.5 Å². The van der Waals surface area contributed by atoms with Gasteiger partial charge in [0, 0.05) is 25.2 Å². The summed E-state index contributed by atoms with van der Waals surface area (Å²) in [5.41, 5.74) is 0.143. The van der Waals surface area contributed by atoms with Crippen LogP contribution in [0.5, 0.6) is 11.5 Å². The standard InChI is InChI=1S/C26H35N5O5/c1-5-31-24(33)22-21(23(32)27-13-12-17-10-11-19(35-3)14-20(17)36-4)28-16-30(22)15-26(31,2)25(34)29-18-8-6-7-9-18/h10-11,14,16,18H,5-9,12-13,15H2,1-4H3,(H,27,32)(H,29,34)/t26-/m1/s1. The molecule has 0 unspecified atom stereocenters. The zero-order chi connectivity index (χ0) is 25.9. The third-order valence-corrected chi connectivity index (χ3v) is 7.24. The predicted molar refractivity (Wildman–Crippen MR) is 133 cm³/mol. The van der Waals surface area contributed by atoms with E-state index in [-0.39, 0.29) is 35.8 Å². The van der Waals surface area contributed by atoms with Gasteiger partial charge in [-0.05, 0) is 44.7 Å². The van der Waals surface area contributed by atoms with Gasteiger partial charge in [0.1, 0.15) is 22.7 Å². The number of methoxy groups -OCH3 is 2. The van der Waals surface area contributed by atoms with Crippen LogP contribution < -0.4 is 20.1 Å². The monoisotopic (exact) mass is 497 g/mol. The molecule has 0 bridgehead atoms. The molecule has 10 nitrogen and oxygen atoms in total. The number of nitrogens with zero attached hydrogens (tertiary/aromatic N) is 3. The Hall–Kier alpha value is -3.56. The van der Waals surface area contributed by atoms with Crippen molar-refractivity contribution in [1.82, 2.24) is 25.1 Å². The number of carbonyl (C=O) groups is 3. The number of nitrogens with one attached hydrogen (secondary N) is 2. The number of ether oxygens (including phenoxy) is 2. The summed E-state index contributed by atoms with van der Waals surface area (Å²) in [6.45, 7) is 4.54. The molecule has 10 heteroatoms. The van der Waals surface area contributed by atoms with Crippen LogP contribution in [0.25, 0.3) is 0 Å². The third-order valence-electron chi connectivity index (χ3n) is 7.24. The Morgan fingerprint density at radius 3 is 2.61 bits per heavy atom. The Bertz CT molecular complexity index is 1140. The van der Waals surface area contributed by atoms with E-state index < -0.39 is 11.4 Å². The van der Waals surface area contributed by atoms with Crippen molar-refractivity contribution in [2.24, 2.45) is 0 Å². The van der Waals surface area contributed by atoms with Crippen molar-refractivity contribution in [1.29, 1.82) is 0 Å². The third kappa shape index (κ3) is 4.76. The smallest absolute Gasteiger partial charge is 0.273 e. The molecule has 2 aromatic rings. The number of hydrogen-bond donors (Lipinski definition) is 2. The van der Waals surface area contributed by atoms with Gasteiger partial charge < -0.3 is 29.6 Å². The minimum atomic E-state index is -1.05. The molecule has 1 saturated carbocycles. The zero-order valence-corrected chi connectivity index (χ0v) is 21.4. The summed E-state index contributed by atoms with van der Waals surface area (Å²) in [4.78, 5) is 45.6. The Morgan fingerprint density at radius 1 is 1.19 bits per heavy atom. The molecule has 1 aromatic heterocycles. The topological polar surface area (TPSA) is 115 Å². The maximum Gasteiger partial charge on any atom is 0.273 e. The largest absolute Gasteiger partial charge is 0.497 e. The van der Waals surface area contributed by atoms with Gasteiger partial charge in [0.25, 0.3) is 11.8 Å². The lowest BCUT2D eigenvalue weighted by atomic mass is 9.94. The Morgan fingerprint density at radius 2 is 1.94 bits per heavy atom. The summed E-state index contributed by atoms with van der Waals surface area (Å²) in [6.07, 6.45) is 6.14. The van der Waals surface area contributed by atoms with Crippen LogP contribution in [0.4, 0.5) is 0 Å². The van der Waals surface area contributed by atoms with Crippen molar-refractivity contribution >= 4 is 17.7 Å². The second kappa shape index (κ2) is 10.6. The van der Waals surface area contributed by atoms with E-state index in [0.29, 0.717) is 31.0 Å². The van der Waals surface area contributed by atoms with Crippen LogP contribution in [-0.4, -0.2) is 71.1 Å². The lowest BCUT2D eigenvalue weighted by molar-refractivity contribution is -0.133. The van der Waals surface area contributed by atoms with Crippen LogP contribution in [0.3, 0.4) is 0 Å². The van der Waals surface area contributed by atoms with E-state index in [4.69, 9.17) is 9.47 Å². The van der Waals surface area contributed by atoms with E-state index in [0.717, 1.165) is 31.2 Å². The summed E-state index contributed by atoms with van der Waals surface area (Å²) in [5.74, 6) is 0.398. The molecule has 36 heavy (non-hydrogen) atoms.